The van der Waals surface area contributed by atoms with Crippen molar-refractivity contribution in [1.82, 2.24) is 4.90 Å². The Morgan fingerprint density at radius 1 is 1.50 bits per heavy atom. The summed E-state index contributed by atoms with van der Waals surface area (Å²) in [6.45, 7) is 7.41. The first-order valence-electron chi connectivity index (χ1n) is 4.80. The molecular formula is C10H15INOS-. The van der Waals surface area contributed by atoms with E-state index in [9.17, 15) is 0 Å². The summed E-state index contributed by atoms with van der Waals surface area (Å²) in [5, 5.41) is 2.36. The first-order valence-corrected chi connectivity index (χ1v) is 8.01. The Labute approximate surface area is 100 Å². The van der Waals surface area contributed by atoms with Crippen molar-refractivity contribution in [2.45, 2.75) is 6.92 Å². The maximum atomic E-state index is 5.34. The average molecular weight is 324 g/mol. The quantitative estimate of drug-likeness (QED) is 0.596. The number of rotatable bonds is 2. The van der Waals surface area contributed by atoms with Crippen LogP contribution in [0.5, 0.6) is 0 Å². The van der Waals surface area contributed by atoms with E-state index in [2.05, 4.69) is 21.3 Å². The Morgan fingerprint density at radius 3 is 2.93 bits per heavy atom. The van der Waals surface area contributed by atoms with Gasteiger partial charge in [-0.2, -0.15) is 0 Å². The van der Waals surface area contributed by atoms with E-state index in [1.807, 2.05) is 11.8 Å². The molecule has 0 N–H and O–H groups in total. The first-order chi connectivity index (χ1) is 6.84. The number of nitrogens with zero attached hydrogens (tertiary/aromatic N) is 1. The molecule has 0 amide bonds. The number of allylic oxidation sites excluding steroid dienone is 1. The van der Waals surface area contributed by atoms with Crippen LogP contribution in [0.2, 0.25) is 0 Å². The summed E-state index contributed by atoms with van der Waals surface area (Å²) < 4.78 is 9.42. The van der Waals surface area contributed by atoms with E-state index in [1.54, 1.807) is 3.58 Å². The van der Waals surface area contributed by atoms with Gasteiger partial charge in [0, 0.05) is 0 Å². The van der Waals surface area contributed by atoms with Crippen molar-refractivity contribution in [3.05, 3.63) is 18.0 Å². The topological polar surface area (TPSA) is 12.5 Å². The van der Waals surface area contributed by atoms with Gasteiger partial charge in [0.2, 0.25) is 0 Å². The molecule has 2 heterocycles. The van der Waals surface area contributed by atoms with Crippen molar-refractivity contribution in [3.8, 4) is 0 Å². The standard InChI is InChI=1S/C10H15INOS/c1-9-6-11-10(8-14-9)7-12-2-4-13-5-3-12/h6,8H,2-5,7H2,1H3/q-1. The number of morpholine rings is 1. The maximum absolute atomic E-state index is 5.34. The molecule has 0 aromatic carbocycles. The Bertz CT molecular complexity index is 259. The summed E-state index contributed by atoms with van der Waals surface area (Å²) in [4.78, 5) is 3.98. The summed E-state index contributed by atoms with van der Waals surface area (Å²) in [5.41, 5.74) is 0. The summed E-state index contributed by atoms with van der Waals surface area (Å²) >= 11 is 2.06. The zero-order chi connectivity index (χ0) is 9.80. The molecule has 80 valence electrons. The molecule has 2 aliphatic rings. The second-order valence-electron chi connectivity index (χ2n) is 3.40. The molecule has 14 heavy (non-hydrogen) atoms. The molecule has 0 aliphatic carbocycles. The molecule has 0 unspecified atom stereocenters. The SMILES string of the molecule is CC1=C[I-]C(CN2CCOCC2)=CS1. The molecule has 2 aliphatic heterocycles. The zero-order valence-electron chi connectivity index (χ0n) is 8.33. The van der Waals surface area contributed by atoms with Gasteiger partial charge in [0.25, 0.3) is 0 Å². The molecule has 0 spiro atoms. The fourth-order valence-electron chi connectivity index (χ4n) is 1.40. The van der Waals surface area contributed by atoms with Gasteiger partial charge in [-0.1, -0.05) is 0 Å². The van der Waals surface area contributed by atoms with Gasteiger partial charge in [-0.15, -0.1) is 0 Å². The first kappa shape index (κ1) is 11.0. The molecule has 0 radical (unpaired) electrons. The van der Waals surface area contributed by atoms with E-state index >= 15 is 0 Å². The second kappa shape index (κ2) is 5.53. The molecule has 0 saturated carbocycles. The van der Waals surface area contributed by atoms with Crippen LogP contribution in [0, 0.1) is 0 Å². The normalized spacial score (nSPS) is 24.9. The van der Waals surface area contributed by atoms with Gasteiger partial charge in [0.05, 0.1) is 0 Å². The number of halogens is 1. The van der Waals surface area contributed by atoms with E-state index in [0.717, 1.165) is 26.3 Å². The van der Waals surface area contributed by atoms with Gasteiger partial charge >= 0.3 is 100 Å². The van der Waals surface area contributed by atoms with Crippen molar-refractivity contribution >= 4 is 11.8 Å². The van der Waals surface area contributed by atoms with Crippen LogP contribution in [0.25, 0.3) is 0 Å². The third kappa shape index (κ3) is 3.25. The molecule has 2 rings (SSSR count). The van der Waals surface area contributed by atoms with Crippen LogP contribution in [0.3, 0.4) is 0 Å². The van der Waals surface area contributed by atoms with Crippen LogP contribution >= 0.6 is 11.8 Å². The van der Waals surface area contributed by atoms with E-state index in [0.29, 0.717) is 0 Å². The van der Waals surface area contributed by atoms with Crippen LogP contribution < -0.4 is 21.2 Å². The van der Waals surface area contributed by atoms with Crippen molar-refractivity contribution in [2.75, 3.05) is 32.8 Å². The molecule has 4 heteroatoms. The third-order valence-electron chi connectivity index (χ3n) is 2.20. The average Bonchev–Trinajstić information content (AvgIpc) is 2.23. The van der Waals surface area contributed by atoms with Gasteiger partial charge in [-0.05, 0) is 0 Å². The van der Waals surface area contributed by atoms with Gasteiger partial charge in [0.15, 0.2) is 0 Å². The fraction of sp³-hybridized carbons (Fsp3) is 0.600. The molecule has 0 aromatic rings. The Morgan fingerprint density at radius 2 is 2.29 bits per heavy atom. The number of hydrogen-bond donors (Lipinski definition) is 0. The molecule has 1 saturated heterocycles. The van der Waals surface area contributed by atoms with Gasteiger partial charge in [0.1, 0.15) is 0 Å². The number of thioether (sulfide) groups is 1. The molecule has 0 bridgehead atoms. The van der Waals surface area contributed by atoms with Crippen LogP contribution in [-0.4, -0.2) is 37.7 Å². The van der Waals surface area contributed by atoms with E-state index in [-0.39, 0.29) is 21.2 Å². The fourth-order valence-corrected chi connectivity index (χ4v) is 4.97. The minimum atomic E-state index is 0.177. The monoisotopic (exact) mass is 324 g/mol. The summed E-state index contributed by atoms with van der Waals surface area (Å²) in [7, 11) is 0. The van der Waals surface area contributed by atoms with E-state index < -0.39 is 0 Å². The molecule has 0 atom stereocenters. The second-order valence-corrected chi connectivity index (χ2v) is 7.15. The Balaban J connectivity index is 1.80. The molecule has 1 fully saturated rings. The third-order valence-corrected chi connectivity index (χ3v) is 6.63. The predicted molar refractivity (Wildman–Crippen MR) is 56.7 cm³/mol. The van der Waals surface area contributed by atoms with Crippen molar-refractivity contribution in [1.29, 1.82) is 0 Å². The minimum absolute atomic E-state index is 0.177. The van der Waals surface area contributed by atoms with E-state index in [4.69, 9.17) is 4.74 Å². The molecular weight excluding hydrogens is 309 g/mol. The summed E-state index contributed by atoms with van der Waals surface area (Å²) in [6.07, 6.45) is 0. The van der Waals surface area contributed by atoms with Crippen molar-refractivity contribution in [2.24, 2.45) is 0 Å². The van der Waals surface area contributed by atoms with Crippen LogP contribution in [0.1, 0.15) is 6.92 Å². The van der Waals surface area contributed by atoms with Crippen LogP contribution in [-0.2, 0) is 4.74 Å². The molecule has 0 aromatic heterocycles. The van der Waals surface area contributed by atoms with E-state index in [1.165, 1.54) is 11.4 Å². The van der Waals surface area contributed by atoms with Crippen LogP contribution in [0.15, 0.2) is 18.0 Å². The number of ether oxygens (including phenoxy) is 1. The Hall–Kier alpha value is 0.480. The Kier molecular flexibility index (Phi) is 4.34. The summed E-state index contributed by atoms with van der Waals surface area (Å²) in [6, 6.07) is 0. The van der Waals surface area contributed by atoms with Gasteiger partial charge in [-0.25, -0.2) is 0 Å². The predicted octanol–water partition coefficient (Wildman–Crippen LogP) is -1.14. The van der Waals surface area contributed by atoms with Crippen LogP contribution in [0.4, 0.5) is 0 Å². The molecule has 2 nitrogen and oxygen atoms in total. The van der Waals surface area contributed by atoms with Gasteiger partial charge < -0.3 is 0 Å². The zero-order valence-corrected chi connectivity index (χ0v) is 11.3. The summed E-state index contributed by atoms with van der Waals surface area (Å²) in [5.74, 6) is 0. The number of hydrogen-bond acceptors (Lipinski definition) is 3. The van der Waals surface area contributed by atoms with Crippen molar-refractivity contribution < 1.29 is 25.9 Å². The van der Waals surface area contributed by atoms with Gasteiger partial charge in [-0.3, -0.25) is 0 Å². The van der Waals surface area contributed by atoms with Crippen molar-refractivity contribution in [3.63, 3.8) is 0 Å².